The zero-order valence-corrected chi connectivity index (χ0v) is 15.5. The number of thioether (sulfide) groups is 1. The van der Waals surface area contributed by atoms with Gasteiger partial charge in [0.25, 0.3) is 0 Å². The summed E-state index contributed by atoms with van der Waals surface area (Å²) in [5, 5.41) is 14.7. The van der Waals surface area contributed by atoms with E-state index in [1.807, 2.05) is 25.1 Å². The standard InChI is InChI=1S/C17H22N4OS2/c1-4-10-18-16-20-21-17(24-16)23-13(3)15(22)19-11-12(2)14-8-6-5-7-9-14/h4-9,12-13H,1,10-11H2,2-3H3,(H,18,20)(H,19,22). The van der Waals surface area contributed by atoms with Gasteiger partial charge in [0.1, 0.15) is 0 Å². The number of nitrogens with one attached hydrogen (secondary N) is 2. The summed E-state index contributed by atoms with van der Waals surface area (Å²) in [6, 6.07) is 10.2. The third kappa shape index (κ3) is 5.65. The van der Waals surface area contributed by atoms with E-state index in [9.17, 15) is 4.79 Å². The number of hydrogen-bond donors (Lipinski definition) is 2. The summed E-state index contributed by atoms with van der Waals surface area (Å²) >= 11 is 2.86. The van der Waals surface area contributed by atoms with Crippen molar-refractivity contribution in [2.75, 3.05) is 18.4 Å². The lowest BCUT2D eigenvalue weighted by Crippen LogP contribution is -2.33. The van der Waals surface area contributed by atoms with Crippen molar-refractivity contribution in [2.45, 2.75) is 29.4 Å². The lowest BCUT2D eigenvalue weighted by molar-refractivity contribution is -0.120. The summed E-state index contributed by atoms with van der Waals surface area (Å²) in [5.41, 5.74) is 1.22. The zero-order chi connectivity index (χ0) is 17.4. The van der Waals surface area contributed by atoms with Gasteiger partial charge in [0.05, 0.1) is 5.25 Å². The summed E-state index contributed by atoms with van der Waals surface area (Å²) in [4.78, 5) is 12.3. The molecule has 0 aliphatic heterocycles. The van der Waals surface area contributed by atoms with Crippen LogP contribution < -0.4 is 10.6 Å². The van der Waals surface area contributed by atoms with Gasteiger partial charge in [0, 0.05) is 13.1 Å². The SMILES string of the molecule is C=CCNc1nnc(SC(C)C(=O)NCC(C)c2ccccc2)s1. The Morgan fingerprint density at radius 3 is 2.79 bits per heavy atom. The Bertz CT molecular complexity index is 660. The number of hydrogen-bond acceptors (Lipinski definition) is 6. The minimum absolute atomic E-state index is 0.0126. The summed E-state index contributed by atoms with van der Waals surface area (Å²) in [6.45, 7) is 8.90. The molecule has 5 nitrogen and oxygen atoms in total. The molecule has 7 heteroatoms. The van der Waals surface area contributed by atoms with Crippen LogP contribution in [-0.4, -0.2) is 34.4 Å². The van der Waals surface area contributed by atoms with Crippen molar-refractivity contribution >= 4 is 34.1 Å². The monoisotopic (exact) mass is 362 g/mol. The predicted molar refractivity (Wildman–Crippen MR) is 102 cm³/mol. The molecular weight excluding hydrogens is 340 g/mol. The minimum Gasteiger partial charge on any atom is -0.357 e. The molecule has 0 bridgehead atoms. The van der Waals surface area contributed by atoms with Crippen LogP contribution in [0.2, 0.25) is 0 Å². The van der Waals surface area contributed by atoms with Crippen molar-refractivity contribution in [3.63, 3.8) is 0 Å². The Balaban J connectivity index is 1.79. The van der Waals surface area contributed by atoms with E-state index in [1.165, 1.54) is 28.7 Å². The van der Waals surface area contributed by atoms with E-state index in [2.05, 4.69) is 46.5 Å². The van der Waals surface area contributed by atoms with Gasteiger partial charge in [-0.1, -0.05) is 66.4 Å². The summed E-state index contributed by atoms with van der Waals surface area (Å²) < 4.78 is 0.778. The van der Waals surface area contributed by atoms with Crippen molar-refractivity contribution in [3.8, 4) is 0 Å². The summed E-state index contributed by atoms with van der Waals surface area (Å²) in [6.07, 6.45) is 1.76. The predicted octanol–water partition coefficient (Wildman–Crippen LogP) is 3.54. The highest BCUT2D eigenvalue weighted by Gasteiger charge is 2.17. The maximum absolute atomic E-state index is 12.3. The van der Waals surface area contributed by atoms with Crippen molar-refractivity contribution in [2.24, 2.45) is 0 Å². The highest BCUT2D eigenvalue weighted by Crippen LogP contribution is 2.28. The van der Waals surface area contributed by atoms with Crippen LogP contribution in [0.3, 0.4) is 0 Å². The first kappa shape index (κ1) is 18.5. The molecule has 2 unspecified atom stereocenters. The average molecular weight is 363 g/mol. The minimum atomic E-state index is -0.215. The largest absolute Gasteiger partial charge is 0.357 e. The maximum Gasteiger partial charge on any atom is 0.233 e. The molecule has 2 atom stereocenters. The fourth-order valence-electron chi connectivity index (χ4n) is 1.99. The van der Waals surface area contributed by atoms with Crippen molar-refractivity contribution in [1.29, 1.82) is 0 Å². The quantitative estimate of drug-likeness (QED) is 0.528. The van der Waals surface area contributed by atoms with E-state index in [0.29, 0.717) is 13.1 Å². The number of anilines is 1. The summed E-state index contributed by atoms with van der Waals surface area (Å²) in [5.74, 6) is 0.294. The Labute approximate surface area is 151 Å². The number of carbonyl (C=O) groups excluding carboxylic acids is 1. The second-order valence-electron chi connectivity index (χ2n) is 5.36. The van der Waals surface area contributed by atoms with Gasteiger partial charge in [-0.05, 0) is 18.4 Å². The number of nitrogens with zero attached hydrogens (tertiary/aromatic N) is 2. The molecule has 1 aromatic heterocycles. The van der Waals surface area contributed by atoms with E-state index >= 15 is 0 Å². The molecular formula is C17H22N4OS2. The molecule has 0 aliphatic carbocycles. The van der Waals surface area contributed by atoms with E-state index in [-0.39, 0.29) is 17.1 Å². The third-order valence-electron chi connectivity index (χ3n) is 3.40. The van der Waals surface area contributed by atoms with Gasteiger partial charge >= 0.3 is 0 Å². The second-order valence-corrected chi connectivity index (χ2v) is 7.93. The number of carbonyl (C=O) groups is 1. The van der Waals surface area contributed by atoms with Gasteiger partial charge in [0.15, 0.2) is 4.34 Å². The molecule has 0 saturated carbocycles. The van der Waals surface area contributed by atoms with Crippen LogP contribution in [0.25, 0.3) is 0 Å². The molecule has 0 fully saturated rings. The van der Waals surface area contributed by atoms with Gasteiger partial charge in [-0.3, -0.25) is 4.79 Å². The van der Waals surface area contributed by atoms with Crippen molar-refractivity contribution in [1.82, 2.24) is 15.5 Å². The molecule has 1 aromatic carbocycles. The average Bonchev–Trinajstić information content (AvgIpc) is 3.05. The molecule has 24 heavy (non-hydrogen) atoms. The first-order valence-electron chi connectivity index (χ1n) is 7.77. The Morgan fingerprint density at radius 1 is 1.33 bits per heavy atom. The third-order valence-corrected chi connectivity index (χ3v) is 5.47. The van der Waals surface area contributed by atoms with E-state index < -0.39 is 0 Å². The number of rotatable bonds is 9. The molecule has 128 valence electrons. The number of aromatic nitrogens is 2. The van der Waals surface area contributed by atoms with Gasteiger partial charge < -0.3 is 10.6 Å². The maximum atomic E-state index is 12.3. The highest BCUT2D eigenvalue weighted by atomic mass is 32.2. The molecule has 0 radical (unpaired) electrons. The van der Waals surface area contributed by atoms with Crippen LogP contribution in [0, 0.1) is 0 Å². The molecule has 0 spiro atoms. The van der Waals surface area contributed by atoms with E-state index in [0.717, 1.165) is 9.47 Å². The van der Waals surface area contributed by atoms with Crippen molar-refractivity contribution in [3.05, 3.63) is 48.6 Å². The number of benzene rings is 1. The van der Waals surface area contributed by atoms with Gasteiger partial charge in [-0.15, -0.1) is 16.8 Å². The van der Waals surface area contributed by atoms with E-state index in [1.54, 1.807) is 6.08 Å². The van der Waals surface area contributed by atoms with Crippen molar-refractivity contribution < 1.29 is 4.79 Å². The number of amides is 1. The molecule has 1 heterocycles. The van der Waals surface area contributed by atoms with Crippen LogP contribution >= 0.6 is 23.1 Å². The zero-order valence-electron chi connectivity index (χ0n) is 13.9. The lowest BCUT2D eigenvalue weighted by Gasteiger charge is -2.15. The molecule has 2 rings (SSSR count). The first-order chi connectivity index (χ1) is 11.6. The fraction of sp³-hybridized carbons (Fsp3) is 0.353. The summed E-state index contributed by atoms with van der Waals surface area (Å²) in [7, 11) is 0. The van der Waals surface area contributed by atoms with Gasteiger partial charge in [-0.25, -0.2) is 0 Å². The first-order valence-corrected chi connectivity index (χ1v) is 9.47. The molecule has 0 saturated heterocycles. The smallest absolute Gasteiger partial charge is 0.233 e. The van der Waals surface area contributed by atoms with Gasteiger partial charge in [0.2, 0.25) is 11.0 Å². The topological polar surface area (TPSA) is 66.9 Å². The van der Waals surface area contributed by atoms with E-state index in [4.69, 9.17) is 0 Å². The fourth-order valence-corrected chi connectivity index (χ4v) is 3.92. The molecule has 2 N–H and O–H groups in total. The highest BCUT2D eigenvalue weighted by molar-refractivity contribution is 8.02. The Hall–Kier alpha value is -1.86. The van der Waals surface area contributed by atoms with Crippen LogP contribution in [0.1, 0.15) is 25.3 Å². The normalized spacial score (nSPS) is 13.1. The molecule has 1 amide bonds. The second kappa shape index (κ2) is 9.44. The lowest BCUT2D eigenvalue weighted by atomic mass is 10.0. The van der Waals surface area contributed by atoms with Crippen LogP contribution in [0.15, 0.2) is 47.3 Å². The van der Waals surface area contributed by atoms with Crippen LogP contribution in [0.5, 0.6) is 0 Å². The molecule has 2 aromatic rings. The van der Waals surface area contributed by atoms with Crippen LogP contribution in [-0.2, 0) is 4.79 Å². The van der Waals surface area contributed by atoms with Gasteiger partial charge in [-0.2, -0.15) is 0 Å². The van der Waals surface area contributed by atoms with Crippen LogP contribution in [0.4, 0.5) is 5.13 Å². The Kier molecular flexibility index (Phi) is 7.27. The molecule has 0 aliphatic rings. The Morgan fingerprint density at radius 2 is 2.08 bits per heavy atom.